The van der Waals surface area contributed by atoms with E-state index in [0.717, 1.165) is 0 Å². The minimum absolute atomic E-state index is 0. The molecule has 0 fully saturated rings. The van der Waals surface area contributed by atoms with Gasteiger partial charge in [-0.1, -0.05) is 0 Å². The topological polar surface area (TPSA) is 59.7 Å². The van der Waals surface area contributed by atoms with E-state index in [1.54, 1.807) is 0 Å². The van der Waals surface area contributed by atoms with Crippen LogP contribution in [0.15, 0.2) is 0 Å². The fourth-order valence-corrected chi connectivity index (χ4v) is 0. The number of rotatable bonds is 0. The summed E-state index contributed by atoms with van der Waals surface area (Å²) < 4.78 is 22.5. The Labute approximate surface area is 79.3 Å². The molecule has 11 heavy (non-hydrogen) atoms. The van der Waals surface area contributed by atoms with Crippen LogP contribution in [0.5, 0.6) is 0 Å². The fourth-order valence-electron chi connectivity index (χ4n) is 0. The zero-order chi connectivity index (χ0) is 9.58. The third-order valence-electron chi connectivity index (χ3n) is 0. The molecular formula is C6H9FeO3P. The van der Waals surface area contributed by atoms with Gasteiger partial charge in [0.15, 0.2) is 0 Å². The van der Waals surface area contributed by atoms with Crippen LogP contribution in [0, 0.1) is 20.0 Å². The molecule has 0 saturated carbocycles. The van der Waals surface area contributed by atoms with E-state index < -0.39 is 0 Å². The summed E-state index contributed by atoms with van der Waals surface area (Å²) in [6.45, 7) is 20.2. The van der Waals surface area contributed by atoms with Gasteiger partial charge in [0.25, 0.3) is 0 Å². The maximum Gasteiger partial charge on any atom is 0 e. The smallest absolute Gasteiger partial charge is 0 e. The fraction of sp³-hybridized carbons (Fsp3) is 0.500. The van der Waals surface area contributed by atoms with Crippen molar-refractivity contribution in [2.24, 2.45) is 0 Å². The van der Waals surface area contributed by atoms with Gasteiger partial charge < -0.3 is 0 Å². The summed E-state index contributed by atoms with van der Waals surface area (Å²) in [5, 5.41) is 0. The first-order valence-electron chi connectivity index (χ1n) is 1.95. The molecule has 0 N–H and O–H groups in total. The molecule has 0 aromatic rings. The standard InChI is InChI=1S/C3H9P.3CO.Fe/c1-4(2)3;3*1-2;/h1-3H3;;;;. The molecule has 0 aromatic carbocycles. The van der Waals surface area contributed by atoms with Crippen LogP contribution in [0.3, 0.4) is 0 Å². The Morgan fingerprint density at radius 2 is 0.727 bits per heavy atom. The van der Waals surface area contributed by atoms with Crippen molar-refractivity contribution in [3.05, 3.63) is 20.0 Å². The third-order valence-corrected chi connectivity index (χ3v) is 0. The molecule has 0 bridgehead atoms. The van der Waals surface area contributed by atoms with E-state index >= 15 is 0 Å². The predicted octanol–water partition coefficient (Wildman–Crippen LogP) is 1.24. The minimum Gasteiger partial charge on any atom is 0 e. The summed E-state index contributed by atoms with van der Waals surface area (Å²) in [5.74, 6) is 0. The molecule has 64 valence electrons. The van der Waals surface area contributed by atoms with Gasteiger partial charge in [0.1, 0.15) is 0 Å². The summed E-state index contributed by atoms with van der Waals surface area (Å²) in [5.41, 5.74) is 0. The van der Waals surface area contributed by atoms with Crippen molar-refractivity contribution in [3.8, 4) is 0 Å². The van der Waals surface area contributed by atoms with Crippen molar-refractivity contribution in [2.75, 3.05) is 20.0 Å². The Morgan fingerprint density at radius 3 is 0.727 bits per heavy atom. The summed E-state index contributed by atoms with van der Waals surface area (Å²) in [6, 6.07) is 0. The molecule has 0 spiro atoms. The largest absolute Gasteiger partial charge is 0 e. The van der Waals surface area contributed by atoms with Crippen LogP contribution in [0.4, 0.5) is 0 Å². The van der Waals surface area contributed by atoms with Gasteiger partial charge >= 0.3 is 33.9 Å². The SMILES string of the molecule is CP(C)C.[C-]#[O+].[C-]#[O+].[C-]#[O+].[Fe]. The molecular weight excluding hydrogens is 207 g/mol. The molecule has 0 aromatic heterocycles. The second-order valence-corrected chi connectivity index (χ2v) is 4.02. The Balaban J connectivity index is -0.0000000152. The van der Waals surface area contributed by atoms with E-state index in [4.69, 9.17) is 14.0 Å². The first kappa shape index (κ1) is 30.3. The first-order chi connectivity index (χ1) is 4.73. The zero-order valence-corrected chi connectivity index (χ0v) is 8.52. The van der Waals surface area contributed by atoms with Gasteiger partial charge in [-0.15, -0.1) is 7.92 Å². The molecule has 0 saturated heterocycles. The number of hydrogen-bond acceptors (Lipinski definition) is 0. The molecule has 0 amide bonds. The van der Waals surface area contributed by atoms with Crippen LogP contribution in [0.2, 0.25) is 0 Å². The molecule has 3 nitrogen and oxygen atoms in total. The van der Waals surface area contributed by atoms with Crippen molar-refractivity contribution in [1.82, 2.24) is 0 Å². The van der Waals surface area contributed by atoms with Crippen molar-refractivity contribution in [3.63, 3.8) is 0 Å². The molecule has 0 atom stereocenters. The van der Waals surface area contributed by atoms with Gasteiger partial charge in [0.2, 0.25) is 0 Å². The Bertz CT molecular complexity index is 70.5. The van der Waals surface area contributed by atoms with E-state index in [-0.39, 0.29) is 17.1 Å². The minimum atomic E-state index is 0. The van der Waals surface area contributed by atoms with Gasteiger partial charge in [-0.3, -0.25) is 0 Å². The van der Waals surface area contributed by atoms with Crippen LogP contribution < -0.4 is 0 Å². The zero-order valence-electron chi connectivity index (χ0n) is 6.53. The summed E-state index contributed by atoms with van der Waals surface area (Å²) in [4.78, 5) is 0. The van der Waals surface area contributed by atoms with Crippen LogP contribution >= 0.6 is 7.92 Å². The van der Waals surface area contributed by atoms with E-state index in [9.17, 15) is 0 Å². The van der Waals surface area contributed by atoms with E-state index in [0.29, 0.717) is 7.92 Å². The van der Waals surface area contributed by atoms with Gasteiger partial charge in [0.05, 0.1) is 0 Å². The van der Waals surface area contributed by atoms with Crippen LogP contribution in [0.25, 0.3) is 0 Å². The van der Waals surface area contributed by atoms with E-state index in [2.05, 4.69) is 39.9 Å². The van der Waals surface area contributed by atoms with Crippen LogP contribution in [0.1, 0.15) is 0 Å². The summed E-state index contributed by atoms with van der Waals surface area (Å²) in [7, 11) is 0.380. The normalized spacial score (nSPS) is 3.82. The maximum absolute atomic E-state index is 7.50. The molecule has 0 radical (unpaired) electrons. The summed E-state index contributed by atoms with van der Waals surface area (Å²) in [6.07, 6.45) is 0. The van der Waals surface area contributed by atoms with Gasteiger partial charge in [-0.2, -0.15) is 0 Å². The monoisotopic (exact) mass is 216 g/mol. The molecule has 0 heterocycles. The Kier molecular flexibility index (Phi) is 235. The quantitative estimate of drug-likeness (QED) is 0.253. The van der Waals surface area contributed by atoms with Crippen LogP contribution in [-0.2, 0) is 31.0 Å². The molecule has 0 aliphatic heterocycles. The van der Waals surface area contributed by atoms with E-state index in [1.807, 2.05) is 0 Å². The second-order valence-electron chi connectivity index (χ2n) is 1.34. The van der Waals surface area contributed by atoms with Crippen molar-refractivity contribution < 1.29 is 31.0 Å². The van der Waals surface area contributed by atoms with Crippen molar-refractivity contribution >= 4 is 7.92 Å². The number of hydrogen-bond donors (Lipinski definition) is 0. The molecule has 5 heteroatoms. The first-order valence-corrected chi connectivity index (χ1v) is 4.64. The Morgan fingerprint density at radius 1 is 0.727 bits per heavy atom. The van der Waals surface area contributed by atoms with Crippen molar-refractivity contribution in [1.29, 1.82) is 0 Å². The second kappa shape index (κ2) is 85.1. The van der Waals surface area contributed by atoms with Crippen molar-refractivity contribution in [2.45, 2.75) is 0 Å². The molecule has 0 aliphatic carbocycles. The van der Waals surface area contributed by atoms with Gasteiger partial charge in [0, 0.05) is 17.1 Å². The average molecular weight is 216 g/mol. The summed E-state index contributed by atoms with van der Waals surface area (Å²) >= 11 is 0. The van der Waals surface area contributed by atoms with E-state index in [1.165, 1.54) is 0 Å². The average Bonchev–Trinajstić information content (AvgIpc) is 1.98. The molecule has 0 rings (SSSR count). The maximum atomic E-state index is 7.50. The van der Waals surface area contributed by atoms with Gasteiger partial charge in [-0.05, 0) is 20.0 Å². The third kappa shape index (κ3) is 23600. The molecule has 0 unspecified atom stereocenters. The predicted molar refractivity (Wildman–Crippen MR) is 36.5 cm³/mol. The van der Waals surface area contributed by atoms with Gasteiger partial charge in [-0.25, -0.2) is 0 Å². The molecule has 0 aliphatic rings. The van der Waals surface area contributed by atoms with Crippen LogP contribution in [-0.4, -0.2) is 20.0 Å². The Hall–Kier alpha value is 0.169.